The van der Waals surface area contributed by atoms with Gasteiger partial charge < -0.3 is 44.8 Å². The SMILES string of the molecule is O=C(N[C@@H](c1ccccc1)c1cccc(OCc2ccc(C(=O)OCCOc3ccc(CNCC(O)c4ccc(O)c5[nH]c(=O)ccc45)c(Cl)c3)cc2)c1)OC1CN2CCC1CC2. The number of aliphatic hydroxyl groups is 1. The second-order valence-corrected chi connectivity index (χ2v) is 16.2. The molecule has 3 aliphatic rings. The highest BCUT2D eigenvalue weighted by atomic mass is 35.5. The first-order valence-electron chi connectivity index (χ1n) is 21.0. The van der Waals surface area contributed by atoms with Gasteiger partial charge in [0.15, 0.2) is 0 Å². The molecule has 1 aromatic heterocycles. The molecule has 6 aromatic rings. The molecule has 13 nitrogen and oxygen atoms in total. The second-order valence-electron chi connectivity index (χ2n) is 15.8. The topological polar surface area (TPSA) is 172 Å². The van der Waals surface area contributed by atoms with E-state index < -0.39 is 24.2 Å². The Hall–Kier alpha value is -6.38. The van der Waals surface area contributed by atoms with Gasteiger partial charge in [-0.05, 0) is 108 Å². The summed E-state index contributed by atoms with van der Waals surface area (Å²) in [5.41, 5.74) is 4.30. The molecule has 63 heavy (non-hydrogen) atoms. The van der Waals surface area contributed by atoms with Gasteiger partial charge >= 0.3 is 12.1 Å². The Morgan fingerprint density at radius 3 is 2.38 bits per heavy atom. The third kappa shape index (κ3) is 11.0. The monoisotopic (exact) mass is 872 g/mol. The van der Waals surface area contributed by atoms with Gasteiger partial charge in [-0.1, -0.05) is 78.3 Å². The maximum atomic E-state index is 13.2. The van der Waals surface area contributed by atoms with Crippen molar-refractivity contribution >= 4 is 34.6 Å². The first-order valence-corrected chi connectivity index (χ1v) is 21.4. The number of amides is 1. The number of carbonyl (C=O) groups excluding carboxylic acids is 2. The van der Waals surface area contributed by atoms with Crippen molar-refractivity contribution in [1.29, 1.82) is 0 Å². The quantitative estimate of drug-likeness (QED) is 0.0456. The Morgan fingerprint density at radius 2 is 1.62 bits per heavy atom. The zero-order valence-corrected chi connectivity index (χ0v) is 35.3. The molecule has 2 bridgehead atoms. The minimum absolute atomic E-state index is 0.0228. The summed E-state index contributed by atoms with van der Waals surface area (Å²) in [6.45, 7) is 3.89. The van der Waals surface area contributed by atoms with E-state index in [0.29, 0.717) is 45.5 Å². The normalized spacial score (nSPS) is 17.7. The molecule has 0 aliphatic carbocycles. The zero-order chi connectivity index (χ0) is 43.7. The molecule has 0 saturated carbocycles. The van der Waals surface area contributed by atoms with E-state index in [1.54, 1.807) is 36.4 Å². The molecular weight excluding hydrogens is 824 g/mol. The molecule has 5 N–H and O–H groups in total. The number of aliphatic hydroxyl groups excluding tert-OH is 1. The Labute approximate surface area is 369 Å². The number of aromatic hydroxyl groups is 1. The average Bonchev–Trinajstić information content (AvgIpc) is 3.30. The number of carbonyl (C=O) groups is 2. The lowest BCUT2D eigenvalue weighted by molar-refractivity contribution is -0.0336. The van der Waals surface area contributed by atoms with E-state index in [2.05, 4.69) is 20.5 Å². The number of phenols is 1. The highest BCUT2D eigenvalue weighted by molar-refractivity contribution is 6.31. The number of hydrogen-bond acceptors (Lipinski definition) is 11. The maximum absolute atomic E-state index is 13.2. The summed E-state index contributed by atoms with van der Waals surface area (Å²) in [6.07, 6.45) is 0.681. The fraction of sp³-hybridized carbons (Fsp3) is 0.286. The molecule has 5 aromatic carbocycles. The summed E-state index contributed by atoms with van der Waals surface area (Å²) in [6, 6.07) is 35.2. The van der Waals surface area contributed by atoms with Crippen molar-refractivity contribution in [3.8, 4) is 17.2 Å². The number of fused-ring (bicyclic) bond motifs is 4. The molecular formula is C49H49ClN4O9. The number of aromatic amines is 1. The molecule has 0 spiro atoms. The van der Waals surface area contributed by atoms with Gasteiger partial charge in [-0.3, -0.25) is 9.69 Å². The van der Waals surface area contributed by atoms with Crippen LogP contribution in [0.5, 0.6) is 17.2 Å². The van der Waals surface area contributed by atoms with Crippen LogP contribution in [0.1, 0.15) is 63.2 Å². The molecule has 3 atom stereocenters. The third-order valence-corrected chi connectivity index (χ3v) is 11.9. The predicted octanol–water partition coefficient (Wildman–Crippen LogP) is 7.43. The standard InChI is InChI=1S/C49H49ClN4O9/c50-41-26-38(14-13-36(41)27-51-28-43(56)39-15-17-42(55)47-40(39)16-18-45(57)52-47)60-23-24-61-48(58)34-11-9-31(10-12-34)30-62-37-8-4-7-35(25-37)46(33-5-2-1-3-6-33)53-49(59)63-44-29-54-21-19-32(44)20-22-54/h1-18,25-26,32,43-44,46,51,55-56H,19-24,27-30H2,(H,52,57)(H,53,59)/t43?,44?,46-/m0/s1. The molecule has 0 radical (unpaired) electrons. The van der Waals surface area contributed by atoms with Crippen molar-refractivity contribution in [2.75, 3.05) is 39.4 Å². The van der Waals surface area contributed by atoms with E-state index in [9.17, 15) is 24.6 Å². The van der Waals surface area contributed by atoms with E-state index in [1.807, 2.05) is 72.8 Å². The highest BCUT2D eigenvalue weighted by Gasteiger charge is 2.37. The maximum Gasteiger partial charge on any atom is 0.408 e. The molecule has 3 aliphatic heterocycles. The van der Waals surface area contributed by atoms with Gasteiger partial charge in [0, 0.05) is 36.1 Å². The summed E-state index contributed by atoms with van der Waals surface area (Å²) >= 11 is 6.52. The van der Waals surface area contributed by atoms with E-state index >= 15 is 0 Å². The van der Waals surface area contributed by atoms with Crippen LogP contribution in [0.3, 0.4) is 0 Å². The summed E-state index contributed by atoms with van der Waals surface area (Å²) in [7, 11) is 0. The Morgan fingerprint density at radius 1 is 0.841 bits per heavy atom. The van der Waals surface area contributed by atoms with Crippen LogP contribution in [-0.2, 0) is 22.6 Å². The van der Waals surface area contributed by atoms with Crippen molar-refractivity contribution in [3.05, 3.63) is 170 Å². The van der Waals surface area contributed by atoms with Crippen LogP contribution in [-0.4, -0.2) is 77.7 Å². The van der Waals surface area contributed by atoms with Crippen molar-refractivity contribution < 1.29 is 38.7 Å². The molecule has 2 unspecified atom stereocenters. The first kappa shape index (κ1) is 43.3. The van der Waals surface area contributed by atoms with Gasteiger partial charge in [0.2, 0.25) is 5.56 Å². The molecule has 9 rings (SSSR count). The number of H-pyrrole nitrogens is 1. The Bertz CT molecular complexity index is 2580. The highest BCUT2D eigenvalue weighted by Crippen LogP contribution is 2.32. The molecule has 4 heterocycles. The van der Waals surface area contributed by atoms with Crippen LogP contribution in [0.25, 0.3) is 10.9 Å². The zero-order valence-electron chi connectivity index (χ0n) is 34.5. The fourth-order valence-electron chi connectivity index (χ4n) is 8.17. The van der Waals surface area contributed by atoms with Crippen molar-refractivity contribution in [2.45, 2.75) is 44.2 Å². The average molecular weight is 873 g/mol. The largest absolute Gasteiger partial charge is 0.506 e. The second kappa shape index (κ2) is 20.2. The third-order valence-electron chi connectivity index (χ3n) is 11.6. The number of rotatable bonds is 17. The minimum atomic E-state index is -0.910. The van der Waals surface area contributed by atoms with E-state index in [0.717, 1.165) is 54.7 Å². The number of aromatic nitrogens is 1. The number of pyridine rings is 1. The van der Waals surface area contributed by atoms with Gasteiger partial charge in [0.05, 0.1) is 23.2 Å². The van der Waals surface area contributed by atoms with Crippen molar-refractivity contribution in [2.24, 2.45) is 5.92 Å². The smallest absolute Gasteiger partial charge is 0.408 e. The molecule has 326 valence electrons. The van der Waals surface area contributed by atoms with Crippen LogP contribution < -0.4 is 25.7 Å². The van der Waals surface area contributed by atoms with E-state index in [4.69, 9.17) is 30.5 Å². The predicted molar refractivity (Wildman–Crippen MR) is 238 cm³/mol. The van der Waals surface area contributed by atoms with E-state index in [1.165, 1.54) is 12.1 Å². The lowest BCUT2D eigenvalue weighted by atomic mass is 9.86. The van der Waals surface area contributed by atoms with Gasteiger partial charge in [-0.25, -0.2) is 9.59 Å². The van der Waals surface area contributed by atoms with E-state index in [-0.39, 0.29) is 49.3 Å². The lowest BCUT2D eigenvalue weighted by Crippen LogP contribution is -2.52. The van der Waals surface area contributed by atoms with Gasteiger partial charge in [0.25, 0.3) is 0 Å². The summed E-state index contributed by atoms with van der Waals surface area (Å²) < 4.78 is 23.3. The Balaban J connectivity index is 0.773. The lowest BCUT2D eigenvalue weighted by Gasteiger charge is -2.43. The number of benzene rings is 5. The molecule has 1 amide bonds. The number of nitrogens with zero attached hydrogens (tertiary/aromatic N) is 1. The van der Waals surface area contributed by atoms with Crippen LogP contribution in [0.4, 0.5) is 4.79 Å². The van der Waals surface area contributed by atoms with Crippen molar-refractivity contribution in [1.82, 2.24) is 20.5 Å². The fourth-order valence-corrected chi connectivity index (χ4v) is 8.40. The van der Waals surface area contributed by atoms with Crippen LogP contribution >= 0.6 is 11.6 Å². The molecule has 14 heteroatoms. The van der Waals surface area contributed by atoms with Crippen LogP contribution in [0, 0.1) is 5.92 Å². The first-order chi connectivity index (χ1) is 30.7. The van der Waals surface area contributed by atoms with Gasteiger partial charge in [-0.15, -0.1) is 0 Å². The Kier molecular flexibility index (Phi) is 13.9. The number of nitrogens with one attached hydrogen (secondary N) is 3. The number of hydrogen-bond donors (Lipinski definition) is 5. The number of alkyl carbamates (subject to hydrolysis) is 1. The minimum Gasteiger partial charge on any atom is -0.506 e. The molecule has 3 saturated heterocycles. The number of halogens is 1. The number of ether oxygens (including phenoxy) is 4. The number of piperidine rings is 3. The van der Waals surface area contributed by atoms with Crippen LogP contribution in [0.15, 0.2) is 126 Å². The summed E-state index contributed by atoms with van der Waals surface area (Å²) in [5, 5.41) is 28.3. The van der Waals surface area contributed by atoms with Gasteiger partial charge in [-0.2, -0.15) is 0 Å². The summed E-state index contributed by atoms with van der Waals surface area (Å²) in [4.78, 5) is 42.7. The molecule has 3 fully saturated rings. The summed E-state index contributed by atoms with van der Waals surface area (Å²) in [5.74, 6) is 0.992. The van der Waals surface area contributed by atoms with Crippen LogP contribution in [0.2, 0.25) is 5.02 Å². The number of phenolic OH excluding ortho intramolecular Hbond substituents is 1. The van der Waals surface area contributed by atoms with Gasteiger partial charge in [0.1, 0.15) is 43.2 Å². The number of esters is 1. The van der Waals surface area contributed by atoms with Crippen molar-refractivity contribution in [3.63, 3.8) is 0 Å².